The van der Waals surface area contributed by atoms with Crippen LogP contribution in [-0.4, -0.2) is 24.0 Å². The molecule has 1 saturated heterocycles. The Hall–Kier alpha value is -3.75. The minimum atomic E-state index is -0.765. The Labute approximate surface area is 205 Å². The van der Waals surface area contributed by atoms with Crippen molar-refractivity contribution in [1.29, 1.82) is 0 Å². The fourth-order valence-corrected chi connectivity index (χ4v) is 3.92. The minimum Gasteiger partial charge on any atom is -0.493 e. The second-order valence-electron chi connectivity index (χ2n) is 7.22. The highest BCUT2D eigenvalue weighted by Crippen LogP contribution is 2.38. The predicted octanol–water partition coefficient (Wildman–Crippen LogP) is 4.90. The third-order valence-corrected chi connectivity index (χ3v) is 5.55. The van der Waals surface area contributed by atoms with Crippen LogP contribution in [0.15, 0.2) is 72.3 Å². The van der Waals surface area contributed by atoms with Gasteiger partial charge in [-0.15, -0.1) is 0 Å². The van der Waals surface area contributed by atoms with Crippen LogP contribution >= 0.6 is 23.8 Å². The lowest BCUT2D eigenvalue weighted by atomic mass is 10.1. The summed E-state index contributed by atoms with van der Waals surface area (Å²) in [5, 5.41) is 2.44. The van der Waals surface area contributed by atoms with Gasteiger partial charge in [0.15, 0.2) is 16.6 Å². The number of thiocarbonyl (C=S) groups is 1. The summed E-state index contributed by atoms with van der Waals surface area (Å²) < 4.78 is 25.6. The van der Waals surface area contributed by atoms with Gasteiger partial charge in [-0.25, -0.2) is 9.29 Å². The van der Waals surface area contributed by atoms with Crippen LogP contribution in [0.2, 0.25) is 5.02 Å². The summed E-state index contributed by atoms with van der Waals surface area (Å²) in [5.41, 5.74) is 1.05. The quantitative estimate of drug-likeness (QED) is 0.299. The number of halogens is 2. The number of rotatable bonds is 6. The molecule has 34 heavy (non-hydrogen) atoms. The molecule has 0 saturated carbocycles. The monoisotopic (exact) mass is 496 g/mol. The van der Waals surface area contributed by atoms with Gasteiger partial charge in [-0.05, 0) is 53.7 Å². The molecule has 0 atom stereocenters. The summed E-state index contributed by atoms with van der Waals surface area (Å²) in [4.78, 5) is 26.6. The van der Waals surface area contributed by atoms with E-state index in [9.17, 15) is 14.0 Å². The zero-order valence-electron chi connectivity index (χ0n) is 17.9. The molecule has 172 valence electrons. The third-order valence-electron chi connectivity index (χ3n) is 4.98. The molecule has 3 aromatic carbocycles. The lowest BCUT2D eigenvalue weighted by Gasteiger charge is -2.29. The standard InChI is InChI=1S/C25H18ClFN2O4S/c1-32-21-13-16(12-18(26)22(21)33-14-15-7-3-2-4-8-15)11-17-23(30)28-25(34)29(24(17)31)20-10-6-5-9-19(20)27/h2-13H,14H2,1H3,(H,28,30,34)/b17-11+. The van der Waals surface area contributed by atoms with E-state index < -0.39 is 17.6 Å². The number of carbonyl (C=O) groups excluding carboxylic acids is 2. The smallest absolute Gasteiger partial charge is 0.270 e. The molecule has 6 nitrogen and oxygen atoms in total. The number of amides is 2. The van der Waals surface area contributed by atoms with E-state index in [0.717, 1.165) is 10.5 Å². The highest BCUT2D eigenvalue weighted by atomic mass is 35.5. The van der Waals surface area contributed by atoms with Gasteiger partial charge in [0.1, 0.15) is 18.0 Å². The maximum absolute atomic E-state index is 14.3. The summed E-state index contributed by atoms with van der Waals surface area (Å²) in [7, 11) is 1.45. The van der Waals surface area contributed by atoms with E-state index in [1.54, 1.807) is 18.2 Å². The van der Waals surface area contributed by atoms with Gasteiger partial charge in [0.2, 0.25) is 0 Å². The first-order valence-electron chi connectivity index (χ1n) is 10.1. The van der Waals surface area contributed by atoms with E-state index in [2.05, 4.69) is 5.32 Å². The van der Waals surface area contributed by atoms with Crippen molar-refractivity contribution >= 4 is 52.5 Å². The summed E-state index contributed by atoms with van der Waals surface area (Å²) in [5.74, 6) is -1.48. The van der Waals surface area contributed by atoms with E-state index in [1.165, 1.54) is 31.4 Å². The Morgan fingerprint density at radius 2 is 1.79 bits per heavy atom. The van der Waals surface area contributed by atoms with Gasteiger partial charge in [-0.1, -0.05) is 54.1 Å². The molecule has 0 unspecified atom stereocenters. The SMILES string of the molecule is COc1cc(/C=C2\C(=O)NC(=S)N(c3ccccc3F)C2=O)cc(Cl)c1OCc1ccccc1. The molecular formula is C25H18ClFN2O4S. The fraction of sp³-hybridized carbons (Fsp3) is 0.0800. The fourth-order valence-electron chi connectivity index (χ4n) is 3.37. The molecular weight excluding hydrogens is 479 g/mol. The molecule has 1 fully saturated rings. The summed E-state index contributed by atoms with van der Waals surface area (Å²) in [6.45, 7) is 0.271. The van der Waals surface area contributed by atoms with Crippen molar-refractivity contribution in [1.82, 2.24) is 5.32 Å². The molecule has 0 bridgehead atoms. The highest BCUT2D eigenvalue weighted by Gasteiger charge is 2.35. The summed E-state index contributed by atoms with van der Waals surface area (Å²) in [6, 6.07) is 18.3. The first-order chi connectivity index (χ1) is 16.4. The van der Waals surface area contributed by atoms with E-state index in [0.29, 0.717) is 17.1 Å². The van der Waals surface area contributed by atoms with Crippen molar-refractivity contribution in [2.24, 2.45) is 0 Å². The van der Waals surface area contributed by atoms with Crippen molar-refractivity contribution < 1.29 is 23.5 Å². The van der Waals surface area contributed by atoms with Crippen LogP contribution in [0.3, 0.4) is 0 Å². The number of benzene rings is 3. The maximum Gasteiger partial charge on any atom is 0.270 e. The van der Waals surface area contributed by atoms with Gasteiger partial charge >= 0.3 is 0 Å². The molecule has 0 aliphatic carbocycles. The second-order valence-corrected chi connectivity index (χ2v) is 8.01. The van der Waals surface area contributed by atoms with Crippen molar-refractivity contribution in [3.63, 3.8) is 0 Å². The van der Waals surface area contributed by atoms with Crippen LogP contribution in [0.5, 0.6) is 11.5 Å². The highest BCUT2D eigenvalue weighted by molar-refractivity contribution is 7.80. The van der Waals surface area contributed by atoms with E-state index in [4.69, 9.17) is 33.3 Å². The molecule has 1 aliphatic rings. The summed E-state index contributed by atoms with van der Waals surface area (Å²) in [6.07, 6.45) is 1.34. The normalized spacial score (nSPS) is 14.9. The number of carbonyl (C=O) groups is 2. The van der Waals surface area contributed by atoms with Crippen LogP contribution in [-0.2, 0) is 16.2 Å². The Bertz CT molecular complexity index is 1310. The van der Waals surface area contributed by atoms with Gasteiger partial charge in [0, 0.05) is 0 Å². The van der Waals surface area contributed by atoms with Crippen LogP contribution in [0.25, 0.3) is 6.08 Å². The number of para-hydroxylation sites is 1. The number of methoxy groups -OCH3 is 1. The Morgan fingerprint density at radius 1 is 1.09 bits per heavy atom. The predicted molar refractivity (Wildman–Crippen MR) is 131 cm³/mol. The minimum absolute atomic E-state index is 0.0660. The largest absolute Gasteiger partial charge is 0.493 e. The second kappa shape index (κ2) is 10.0. The van der Waals surface area contributed by atoms with Crippen LogP contribution in [0, 0.1) is 5.82 Å². The van der Waals surface area contributed by atoms with Crippen molar-refractivity contribution in [3.8, 4) is 11.5 Å². The lowest BCUT2D eigenvalue weighted by molar-refractivity contribution is -0.122. The maximum atomic E-state index is 14.3. The molecule has 1 aliphatic heterocycles. The van der Waals surface area contributed by atoms with Crippen molar-refractivity contribution in [2.45, 2.75) is 6.61 Å². The number of ether oxygens (including phenoxy) is 2. The van der Waals surface area contributed by atoms with Gasteiger partial charge in [-0.2, -0.15) is 0 Å². The zero-order valence-corrected chi connectivity index (χ0v) is 19.5. The molecule has 1 heterocycles. The summed E-state index contributed by atoms with van der Waals surface area (Å²) >= 11 is 11.5. The Morgan fingerprint density at radius 3 is 2.50 bits per heavy atom. The van der Waals surface area contributed by atoms with E-state index in [1.807, 2.05) is 30.3 Å². The topological polar surface area (TPSA) is 67.9 Å². The molecule has 0 radical (unpaired) electrons. The average Bonchev–Trinajstić information content (AvgIpc) is 2.82. The van der Waals surface area contributed by atoms with Crippen molar-refractivity contribution in [3.05, 3.63) is 94.3 Å². The number of anilines is 1. The van der Waals surface area contributed by atoms with Crippen LogP contribution in [0.1, 0.15) is 11.1 Å². The van der Waals surface area contributed by atoms with Crippen LogP contribution in [0.4, 0.5) is 10.1 Å². The zero-order chi connectivity index (χ0) is 24.2. The van der Waals surface area contributed by atoms with Gasteiger partial charge in [-0.3, -0.25) is 14.9 Å². The average molecular weight is 497 g/mol. The number of hydrogen-bond acceptors (Lipinski definition) is 5. The first-order valence-corrected chi connectivity index (χ1v) is 10.9. The number of hydrogen-bond donors (Lipinski definition) is 1. The lowest BCUT2D eigenvalue weighted by Crippen LogP contribution is -2.54. The molecule has 0 spiro atoms. The molecule has 9 heteroatoms. The van der Waals surface area contributed by atoms with E-state index in [-0.39, 0.29) is 28.0 Å². The first kappa shape index (κ1) is 23.4. The third kappa shape index (κ3) is 4.78. The number of nitrogens with zero attached hydrogens (tertiary/aromatic N) is 1. The molecule has 4 rings (SSSR count). The van der Waals surface area contributed by atoms with Gasteiger partial charge in [0.05, 0.1) is 17.8 Å². The van der Waals surface area contributed by atoms with Gasteiger partial charge < -0.3 is 9.47 Å². The Balaban J connectivity index is 1.66. The molecule has 3 aromatic rings. The molecule has 0 aromatic heterocycles. The number of nitrogens with one attached hydrogen (secondary N) is 1. The van der Waals surface area contributed by atoms with E-state index >= 15 is 0 Å². The molecule has 1 N–H and O–H groups in total. The Kier molecular flexibility index (Phi) is 6.90. The van der Waals surface area contributed by atoms with Crippen molar-refractivity contribution in [2.75, 3.05) is 12.0 Å². The molecule has 2 amide bonds. The van der Waals surface area contributed by atoms with Crippen LogP contribution < -0.4 is 19.7 Å². The van der Waals surface area contributed by atoms with Gasteiger partial charge in [0.25, 0.3) is 11.8 Å².